The Labute approximate surface area is 65.6 Å². The number of nitrogens with zero attached hydrogens (tertiary/aromatic N) is 2. The Morgan fingerprint density at radius 3 is 2.91 bits per heavy atom. The van der Waals surface area contributed by atoms with Crippen LogP contribution in [0.3, 0.4) is 0 Å². The van der Waals surface area contributed by atoms with Crippen molar-refractivity contribution in [3.8, 4) is 6.07 Å². The van der Waals surface area contributed by atoms with Crippen LogP contribution in [0, 0.1) is 23.2 Å². The van der Waals surface area contributed by atoms with Crippen LogP contribution < -0.4 is 0 Å². The fourth-order valence-electron chi connectivity index (χ4n) is 1.95. The third-order valence-corrected chi connectivity index (χ3v) is 2.69. The Hall–Kier alpha value is -1.04. The van der Waals surface area contributed by atoms with E-state index in [2.05, 4.69) is 6.07 Å². The Kier molecular flexibility index (Phi) is 1.19. The van der Waals surface area contributed by atoms with Crippen LogP contribution in [0.2, 0.25) is 0 Å². The molecule has 0 bridgehead atoms. The number of carbonyl (C=O) groups excluding carboxylic acids is 1. The molecule has 0 radical (unpaired) electrons. The molecule has 3 atom stereocenters. The Morgan fingerprint density at radius 1 is 1.73 bits per heavy atom. The van der Waals surface area contributed by atoms with Crippen LogP contribution in [-0.4, -0.2) is 23.4 Å². The quantitative estimate of drug-likeness (QED) is 0.501. The summed E-state index contributed by atoms with van der Waals surface area (Å²) in [4.78, 5) is 12.6. The van der Waals surface area contributed by atoms with Gasteiger partial charge in [0.05, 0.1) is 6.07 Å². The molecule has 1 saturated carbocycles. The lowest BCUT2D eigenvalue weighted by atomic mass is 10.2. The molecular weight excluding hydrogens is 140 g/mol. The molecule has 2 aliphatic rings. The van der Waals surface area contributed by atoms with Crippen LogP contribution in [0.4, 0.5) is 0 Å². The molecule has 0 spiro atoms. The van der Waals surface area contributed by atoms with Gasteiger partial charge in [-0.2, -0.15) is 5.26 Å². The Morgan fingerprint density at radius 2 is 2.45 bits per heavy atom. The average molecular weight is 150 g/mol. The summed E-state index contributed by atoms with van der Waals surface area (Å²) in [6, 6.07) is 2.08. The molecule has 1 amide bonds. The van der Waals surface area contributed by atoms with E-state index in [1.165, 1.54) is 6.92 Å². The highest BCUT2D eigenvalue weighted by atomic mass is 16.2. The van der Waals surface area contributed by atoms with E-state index >= 15 is 0 Å². The average Bonchev–Trinajstić information content (AvgIpc) is 2.63. The lowest BCUT2D eigenvalue weighted by molar-refractivity contribution is -0.129. The molecule has 3 nitrogen and oxygen atoms in total. The SMILES string of the molecule is CC(=O)N1CC2CC2C1C#N. The first-order valence-corrected chi connectivity index (χ1v) is 3.91. The van der Waals surface area contributed by atoms with Gasteiger partial charge in [-0.3, -0.25) is 4.79 Å². The van der Waals surface area contributed by atoms with Crippen LogP contribution in [-0.2, 0) is 4.79 Å². The van der Waals surface area contributed by atoms with E-state index in [0.29, 0.717) is 11.8 Å². The van der Waals surface area contributed by atoms with Crippen molar-refractivity contribution in [1.82, 2.24) is 4.90 Å². The zero-order valence-electron chi connectivity index (χ0n) is 6.45. The minimum absolute atomic E-state index is 0.0451. The lowest BCUT2D eigenvalue weighted by Crippen LogP contribution is -2.35. The molecular formula is C8H10N2O. The van der Waals surface area contributed by atoms with Crippen molar-refractivity contribution in [3.05, 3.63) is 0 Å². The molecule has 58 valence electrons. The van der Waals surface area contributed by atoms with Crippen molar-refractivity contribution < 1.29 is 4.79 Å². The van der Waals surface area contributed by atoms with Crippen molar-refractivity contribution in [2.75, 3.05) is 6.54 Å². The van der Waals surface area contributed by atoms with Gasteiger partial charge in [-0.15, -0.1) is 0 Å². The maximum absolute atomic E-state index is 11.0. The van der Waals surface area contributed by atoms with Crippen molar-refractivity contribution in [1.29, 1.82) is 5.26 Å². The molecule has 0 N–H and O–H groups in total. The van der Waals surface area contributed by atoms with Gasteiger partial charge in [-0.25, -0.2) is 0 Å². The first kappa shape index (κ1) is 6.66. The molecule has 2 fully saturated rings. The number of likely N-dealkylation sites (tertiary alicyclic amines) is 1. The molecule has 1 heterocycles. The van der Waals surface area contributed by atoms with Crippen LogP contribution >= 0.6 is 0 Å². The summed E-state index contributed by atoms with van der Waals surface area (Å²) in [6.45, 7) is 2.35. The van der Waals surface area contributed by atoms with E-state index in [9.17, 15) is 4.79 Å². The monoisotopic (exact) mass is 150 g/mol. The third kappa shape index (κ3) is 0.823. The summed E-state index contributed by atoms with van der Waals surface area (Å²) in [5.74, 6) is 1.19. The maximum atomic E-state index is 11.0. The van der Waals surface area contributed by atoms with Crippen LogP contribution in [0.15, 0.2) is 0 Å². The highest BCUT2D eigenvalue weighted by molar-refractivity contribution is 5.74. The number of rotatable bonds is 0. The number of piperidine rings is 1. The molecule has 1 saturated heterocycles. The molecule has 11 heavy (non-hydrogen) atoms. The van der Waals surface area contributed by atoms with E-state index in [0.717, 1.165) is 13.0 Å². The van der Waals surface area contributed by atoms with Gasteiger partial charge >= 0.3 is 0 Å². The van der Waals surface area contributed by atoms with Crippen LogP contribution in [0.1, 0.15) is 13.3 Å². The standard InChI is InChI=1S/C8H10N2O/c1-5(11)10-4-6-2-7(6)8(10)3-9/h6-8H,2,4H2,1H3. The largest absolute Gasteiger partial charge is 0.326 e. The van der Waals surface area contributed by atoms with Gasteiger partial charge < -0.3 is 4.90 Å². The maximum Gasteiger partial charge on any atom is 0.220 e. The number of nitriles is 1. The van der Waals surface area contributed by atoms with Gasteiger partial charge in [0.1, 0.15) is 6.04 Å². The van der Waals surface area contributed by atoms with Gasteiger partial charge in [0.25, 0.3) is 0 Å². The predicted molar refractivity (Wildman–Crippen MR) is 38.4 cm³/mol. The number of fused-ring (bicyclic) bond motifs is 1. The van der Waals surface area contributed by atoms with Gasteiger partial charge in [0.15, 0.2) is 0 Å². The number of amides is 1. The van der Waals surface area contributed by atoms with E-state index < -0.39 is 0 Å². The molecule has 2 rings (SSSR count). The smallest absolute Gasteiger partial charge is 0.220 e. The summed E-state index contributed by atoms with van der Waals surface area (Å²) < 4.78 is 0. The summed E-state index contributed by atoms with van der Waals surface area (Å²) in [5, 5.41) is 8.74. The highest BCUT2D eigenvalue weighted by Gasteiger charge is 2.53. The minimum Gasteiger partial charge on any atom is -0.326 e. The van der Waals surface area contributed by atoms with Gasteiger partial charge in [0, 0.05) is 13.5 Å². The molecule has 0 aromatic rings. The Balaban J connectivity index is 2.14. The van der Waals surface area contributed by atoms with Gasteiger partial charge in [0.2, 0.25) is 5.91 Å². The zero-order valence-corrected chi connectivity index (χ0v) is 6.45. The van der Waals surface area contributed by atoms with E-state index in [-0.39, 0.29) is 11.9 Å². The van der Waals surface area contributed by atoms with Crippen LogP contribution in [0.25, 0.3) is 0 Å². The second kappa shape index (κ2) is 1.97. The first-order chi connectivity index (χ1) is 5.24. The summed E-state index contributed by atoms with van der Waals surface area (Å²) in [5.41, 5.74) is 0. The van der Waals surface area contributed by atoms with E-state index in [1.807, 2.05) is 0 Å². The fraction of sp³-hybridized carbons (Fsp3) is 0.750. The molecule has 3 unspecified atom stereocenters. The minimum atomic E-state index is -0.113. The fourth-order valence-corrected chi connectivity index (χ4v) is 1.95. The zero-order chi connectivity index (χ0) is 8.01. The Bertz CT molecular complexity index is 243. The summed E-state index contributed by atoms with van der Waals surface area (Å²) in [6.07, 6.45) is 1.15. The highest BCUT2D eigenvalue weighted by Crippen LogP contribution is 2.49. The summed E-state index contributed by atoms with van der Waals surface area (Å²) >= 11 is 0. The second-order valence-corrected chi connectivity index (χ2v) is 3.40. The normalized spacial score (nSPS) is 39.6. The predicted octanol–water partition coefficient (Wildman–Crippen LogP) is 0.377. The number of carbonyl (C=O) groups is 1. The van der Waals surface area contributed by atoms with Crippen molar-refractivity contribution in [2.24, 2.45) is 11.8 Å². The van der Waals surface area contributed by atoms with Gasteiger partial charge in [-0.05, 0) is 18.3 Å². The molecule has 0 aromatic heterocycles. The van der Waals surface area contributed by atoms with Crippen molar-refractivity contribution in [3.63, 3.8) is 0 Å². The van der Waals surface area contributed by atoms with Crippen molar-refractivity contribution in [2.45, 2.75) is 19.4 Å². The molecule has 0 aromatic carbocycles. The molecule has 1 aliphatic heterocycles. The van der Waals surface area contributed by atoms with Crippen molar-refractivity contribution >= 4 is 5.91 Å². The molecule has 1 aliphatic carbocycles. The van der Waals surface area contributed by atoms with E-state index in [4.69, 9.17) is 5.26 Å². The summed E-state index contributed by atoms with van der Waals surface area (Å²) in [7, 11) is 0. The first-order valence-electron chi connectivity index (χ1n) is 3.91. The topological polar surface area (TPSA) is 44.1 Å². The molecule has 3 heteroatoms. The lowest BCUT2D eigenvalue weighted by Gasteiger charge is -2.19. The number of hydrogen-bond acceptors (Lipinski definition) is 2. The van der Waals surface area contributed by atoms with Gasteiger partial charge in [-0.1, -0.05) is 0 Å². The van der Waals surface area contributed by atoms with E-state index in [1.54, 1.807) is 4.90 Å². The number of hydrogen-bond donors (Lipinski definition) is 0. The second-order valence-electron chi connectivity index (χ2n) is 3.40. The third-order valence-electron chi connectivity index (χ3n) is 2.69. The van der Waals surface area contributed by atoms with Crippen LogP contribution in [0.5, 0.6) is 0 Å².